The van der Waals surface area contributed by atoms with E-state index in [0.29, 0.717) is 0 Å². The zero-order valence-corrected chi connectivity index (χ0v) is 7.53. The van der Waals surface area contributed by atoms with E-state index in [4.69, 9.17) is 13.2 Å². The van der Waals surface area contributed by atoms with Crippen LogP contribution in [0.5, 0.6) is 0 Å². The summed E-state index contributed by atoms with van der Waals surface area (Å²) in [5.74, 6) is 0. The Morgan fingerprint density at radius 2 is 1.00 bits per heavy atom. The molecule has 0 aromatic heterocycles. The van der Waals surface area contributed by atoms with E-state index in [1.807, 2.05) is 0 Å². The van der Waals surface area contributed by atoms with Gasteiger partial charge in [0.2, 0.25) is 0 Å². The first-order valence-electron chi connectivity index (χ1n) is 2.33. The first-order chi connectivity index (χ1) is 3.91. The minimum absolute atomic E-state index is 0. The number of allylic oxidation sites excluding steroid dienone is 6. The van der Waals surface area contributed by atoms with Crippen LogP contribution in [0.3, 0.4) is 0 Å². The van der Waals surface area contributed by atoms with Crippen molar-refractivity contribution in [3.05, 3.63) is 49.6 Å². The van der Waals surface area contributed by atoms with Crippen LogP contribution in [0.25, 0.3) is 0 Å². The van der Waals surface area contributed by atoms with E-state index in [-0.39, 0.29) is 37.7 Å². The van der Waals surface area contributed by atoms with E-state index in [9.17, 15) is 0 Å². The summed E-state index contributed by atoms with van der Waals surface area (Å²) in [5, 5.41) is 0. The molecule has 0 atom stereocenters. The molecule has 0 aromatic rings. The van der Waals surface area contributed by atoms with Crippen molar-refractivity contribution in [1.29, 1.82) is 0 Å². The molecule has 0 aromatic carbocycles. The van der Waals surface area contributed by atoms with Crippen molar-refractivity contribution >= 4 is 37.7 Å². The summed E-state index contributed by atoms with van der Waals surface area (Å²) in [6.45, 7) is 10.0. The average molecular weight is 144 g/mol. The minimum Gasteiger partial charge on any atom is -0.293 e. The van der Waals surface area contributed by atoms with Crippen LogP contribution in [0.2, 0.25) is 0 Å². The predicted molar refractivity (Wildman–Crippen MR) is 41.8 cm³/mol. The van der Waals surface area contributed by atoms with Crippen LogP contribution in [-0.2, 0) is 0 Å². The van der Waals surface area contributed by atoms with Gasteiger partial charge >= 0.3 is 37.7 Å². The van der Waals surface area contributed by atoms with Gasteiger partial charge in [0.05, 0.1) is 0 Å². The van der Waals surface area contributed by atoms with Crippen LogP contribution >= 0.6 is 0 Å². The molecule has 0 spiro atoms. The van der Waals surface area contributed by atoms with Crippen molar-refractivity contribution in [3.8, 4) is 0 Å². The van der Waals surface area contributed by atoms with Crippen LogP contribution < -0.4 is 0 Å². The standard InChI is InChI=1S/C8H8.Ca/c1-3-5-7-8-6-4-2;/h1-8H;/q-2;+2/b7-5-,8-6-;. The summed E-state index contributed by atoms with van der Waals surface area (Å²) in [5.41, 5.74) is 0. The summed E-state index contributed by atoms with van der Waals surface area (Å²) in [6, 6.07) is 0. The minimum atomic E-state index is 0. The monoisotopic (exact) mass is 144 g/mol. The van der Waals surface area contributed by atoms with Crippen LogP contribution in [0.1, 0.15) is 0 Å². The molecule has 0 saturated heterocycles. The van der Waals surface area contributed by atoms with E-state index in [1.54, 1.807) is 24.3 Å². The van der Waals surface area contributed by atoms with Gasteiger partial charge in [-0.3, -0.25) is 13.2 Å². The van der Waals surface area contributed by atoms with Crippen molar-refractivity contribution < 1.29 is 0 Å². The second-order valence-electron chi connectivity index (χ2n) is 1.15. The molecule has 0 fully saturated rings. The van der Waals surface area contributed by atoms with Crippen LogP contribution in [0.15, 0.2) is 36.5 Å². The maximum absolute atomic E-state index is 5.02. The average Bonchev–Trinajstić information content (AvgIpc) is 1.81. The van der Waals surface area contributed by atoms with Gasteiger partial charge in [-0.05, 0) is 0 Å². The van der Waals surface area contributed by atoms with E-state index in [1.165, 1.54) is 12.2 Å². The topological polar surface area (TPSA) is 0 Å². The molecule has 9 heavy (non-hydrogen) atoms. The van der Waals surface area contributed by atoms with Crippen molar-refractivity contribution in [2.24, 2.45) is 0 Å². The molecule has 0 nitrogen and oxygen atoms in total. The predicted octanol–water partition coefficient (Wildman–Crippen LogP) is 1.70. The van der Waals surface area contributed by atoms with E-state index in [2.05, 4.69) is 0 Å². The molecule has 0 radical (unpaired) electrons. The largest absolute Gasteiger partial charge is 2.00 e. The van der Waals surface area contributed by atoms with Crippen molar-refractivity contribution in [3.63, 3.8) is 0 Å². The molecular weight excluding hydrogens is 136 g/mol. The molecule has 0 bridgehead atoms. The first-order valence-corrected chi connectivity index (χ1v) is 2.33. The summed E-state index contributed by atoms with van der Waals surface area (Å²) in [6.07, 6.45) is 9.95. The third kappa shape index (κ3) is 11.7. The summed E-state index contributed by atoms with van der Waals surface area (Å²) in [4.78, 5) is 0. The van der Waals surface area contributed by atoms with Gasteiger partial charge in [-0.1, -0.05) is 0 Å². The molecule has 0 aliphatic carbocycles. The Morgan fingerprint density at radius 3 is 1.22 bits per heavy atom. The van der Waals surface area contributed by atoms with Gasteiger partial charge in [0.15, 0.2) is 0 Å². The van der Waals surface area contributed by atoms with Gasteiger partial charge in [0.1, 0.15) is 0 Å². The molecular formula is C8H8Ca. The SMILES string of the molecule is [CH-]=C/C=C\C=C/C=[CH-].[Ca+2]. The summed E-state index contributed by atoms with van der Waals surface area (Å²) in [7, 11) is 0. The third-order valence-corrected chi connectivity index (χ3v) is 0.556. The molecule has 42 valence electrons. The van der Waals surface area contributed by atoms with Gasteiger partial charge in [-0.25, -0.2) is 24.3 Å². The van der Waals surface area contributed by atoms with Crippen molar-refractivity contribution in [1.82, 2.24) is 0 Å². The fourth-order valence-corrected chi connectivity index (χ4v) is 0.257. The summed E-state index contributed by atoms with van der Waals surface area (Å²) < 4.78 is 0. The van der Waals surface area contributed by atoms with Gasteiger partial charge in [0, 0.05) is 0 Å². The maximum atomic E-state index is 5.02. The number of hydrogen-bond donors (Lipinski definition) is 0. The Balaban J connectivity index is 0. The molecule has 0 unspecified atom stereocenters. The summed E-state index contributed by atoms with van der Waals surface area (Å²) >= 11 is 0. The first kappa shape index (κ1) is 12.0. The van der Waals surface area contributed by atoms with Gasteiger partial charge in [-0.2, -0.15) is 12.2 Å². The fourth-order valence-electron chi connectivity index (χ4n) is 0.257. The molecule has 0 N–H and O–H groups in total. The van der Waals surface area contributed by atoms with Gasteiger partial charge in [-0.15, -0.1) is 0 Å². The van der Waals surface area contributed by atoms with Crippen LogP contribution in [-0.4, -0.2) is 37.7 Å². The zero-order chi connectivity index (χ0) is 6.24. The molecule has 0 aliphatic rings. The van der Waals surface area contributed by atoms with Gasteiger partial charge < -0.3 is 0 Å². The molecule has 0 saturated carbocycles. The van der Waals surface area contributed by atoms with E-state index < -0.39 is 0 Å². The number of rotatable bonds is 3. The molecule has 0 amide bonds. The Labute approximate surface area is 86.7 Å². The van der Waals surface area contributed by atoms with Crippen LogP contribution in [0.4, 0.5) is 0 Å². The van der Waals surface area contributed by atoms with Crippen molar-refractivity contribution in [2.45, 2.75) is 0 Å². The van der Waals surface area contributed by atoms with E-state index in [0.717, 1.165) is 0 Å². The molecule has 0 heterocycles. The van der Waals surface area contributed by atoms with Crippen LogP contribution in [0, 0.1) is 13.2 Å². The third-order valence-electron chi connectivity index (χ3n) is 0.556. The van der Waals surface area contributed by atoms with Crippen molar-refractivity contribution in [2.75, 3.05) is 0 Å². The maximum Gasteiger partial charge on any atom is 2.00 e. The number of hydrogen-bond acceptors (Lipinski definition) is 0. The second kappa shape index (κ2) is 11.1. The molecule has 0 rings (SSSR count). The Morgan fingerprint density at radius 1 is 0.667 bits per heavy atom. The smallest absolute Gasteiger partial charge is 0.293 e. The molecule has 1 heteroatoms. The quantitative estimate of drug-likeness (QED) is 0.321. The zero-order valence-electron chi connectivity index (χ0n) is 5.33. The Kier molecular flexibility index (Phi) is 14.7. The van der Waals surface area contributed by atoms with Gasteiger partial charge in [0.25, 0.3) is 0 Å². The van der Waals surface area contributed by atoms with E-state index >= 15 is 0 Å². The Bertz CT molecular complexity index is 105. The molecule has 0 aliphatic heterocycles. The Hall–Kier alpha value is 0.220. The second-order valence-corrected chi connectivity index (χ2v) is 1.15. The normalized spacial score (nSPS) is 9.33. The fraction of sp³-hybridized carbons (Fsp3) is 0.